The van der Waals surface area contributed by atoms with Crippen molar-refractivity contribution in [1.82, 2.24) is 0 Å². The van der Waals surface area contributed by atoms with Crippen LogP contribution in [0.5, 0.6) is 0 Å². The highest BCUT2D eigenvalue weighted by atomic mass is 13.9. The molecule has 0 unspecified atom stereocenters. The summed E-state index contributed by atoms with van der Waals surface area (Å²) in [5.41, 5.74) is 0. The zero-order valence-corrected chi connectivity index (χ0v) is 3.98. The molecule has 0 saturated carbocycles. The van der Waals surface area contributed by atoms with Crippen LogP contribution >= 0.6 is 0 Å². The van der Waals surface area contributed by atoms with Gasteiger partial charge in [0.1, 0.15) is 0 Å². The molecule has 1 heterocycles. The summed E-state index contributed by atoms with van der Waals surface area (Å²) in [6, 6.07) is 0. The molecule has 6 heavy (non-hydrogen) atoms. The lowest BCUT2D eigenvalue weighted by Gasteiger charge is -1.85. The summed E-state index contributed by atoms with van der Waals surface area (Å²) in [5.74, 6) is 0. The predicted molar refractivity (Wildman–Crippen MR) is 30.4 cm³/mol. The molecule has 0 atom stereocenters. The molecular weight excluding hydrogens is 69.7 g/mol. The molecule has 30 valence electrons. The first-order valence-corrected chi connectivity index (χ1v) is 2.65. The minimum Gasteiger partial charge on any atom is -0.0819 e. The highest BCUT2D eigenvalue weighted by Crippen LogP contribution is 2.15. The molecule has 1 aliphatic rings. The summed E-state index contributed by atoms with van der Waals surface area (Å²) in [5, 5.41) is 0. The van der Waals surface area contributed by atoms with Crippen molar-refractivity contribution in [3.05, 3.63) is 0 Å². The molecule has 0 aromatic rings. The smallest absolute Gasteiger partial charge is 0.0819 e. The molecule has 1 rings (SSSR count). The van der Waals surface area contributed by atoms with E-state index in [1.54, 1.807) is 0 Å². The molecule has 0 spiro atoms. The summed E-state index contributed by atoms with van der Waals surface area (Å²) in [4.78, 5) is 0. The van der Waals surface area contributed by atoms with E-state index in [4.69, 9.17) is 7.74 Å². The summed E-state index contributed by atoms with van der Waals surface area (Å²) < 4.78 is 0. The SMILES string of the molecule is [B]B1CCCC1. The van der Waals surface area contributed by atoms with Crippen LogP contribution in [-0.4, -0.2) is 14.3 Å². The van der Waals surface area contributed by atoms with Crippen LogP contribution in [0.1, 0.15) is 12.8 Å². The maximum atomic E-state index is 5.53. The van der Waals surface area contributed by atoms with Gasteiger partial charge in [0, 0.05) is 7.74 Å². The van der Waals surface area contributed by atoms with Crippen LogP contribution in [0.2, 0.25) is 12.6 Å². The van der Waals surface area contributed by atoms with Gasteiger partial charge in [-0.3, -0.25) is 0 Å². The number of rotatable bonds is 0. The van der Waals surface area contributed by atoms with Crippen molar-refractivity contribution in [3.8, 4) is 0 Å². The third-order valence-electron chi connectivity index (χ3n) is 1.40. The van der Waals surface area contributed by atoms with E-state index >= 15 is 0 Å². The Morgan fingerprint density at radius 1 is 1.17 bits per heavy atom. The topological polar surface area (TPSA) is 0 Å². The van der Waals surface area contributed by atoms with Crippen molar-refractivity contribution in [2.75, 3.05) is 0 Å². The van der Waals surface area contributed by atoms with Gasteiger partial charge in [-0.2, -0.15) is 0 Å². The van der Waals surface area contributed by atoms with Gasteiger partial charge in [-0.15, -0.1) is 0 Å². The normalized spacial score (nSPS) is 22.3. The van der Waals surface area contributed by atoms with Gasteiger partial charge >= 0.3 is 0 Å². The fourth-order valence-corrected chi connectivity index (χ4v) is 0.957. The van der Waals surface area contributed by atoms with E-state index in [-0.39, 0.29) is 0 Å². The molecule has 2 heteroatoms. The minimum absolute atomic E-state index is 0.546. The molecule has 0 amide bonds. The van der Waals surface area contributed by atoms with Crippen LogP contribution in [0.25, 0.3) is 0 Å². The monoisotopic (exact) mass is 78.1 g/mol. The molecule has 2 radical (unpaired) electrons. The van der Waals surface area contributed by atoms with Gasteiger partial charge in [0.05, 0.1) is 6.60 Å². The molecule has 0 aromatic carbocycles. The molecule has 0 bridgehead atoms. The van der Waals surface area contributed by atoms with E-state index in [2.05, 4.69) is 0 Å². The van der Waals surface area contributed by atoms with E-state index < -0.39 is 0 Å². The van der Waals surface area contributed by atoms with Gasteiger partial charge in [0.25, 0.3) is 0 Å². The molecule has 0 aliphatic carbocycles. The number of hydrogen-bond acceptors (Lipinski definition) is 0. The molecule has 0 N–H and O–H groups in total. The van der Waals surface area contributed by atoms with Crippen molar-refractivity contribution in [2.45, 2.75) is 25.5 Å². The fraction of sp³-hybridized carbons (Fsp3) is 1.00. The first kappa shape index (κ1) is 4.29. The van der Waals surface area contributed by atoms with E-state index in [0.29, 0.717) is 6.60 Å². The zero-order chi connectivity index (χ0) is 4.41. The third-order valence-corrected chi connectivity index (χ3v) is 1.40. The van der Waals surface area contributed by atoms with Crippen LogP contribution in [-0.2, 0) is 0 Å². The Labute approximate surface area is 40.8 Å². The van der Waals surface area contributed by atoms with E-state index in [9.17, 15) is 0 Å². The minimum atomic E-state index is 0.546. The van der Waals surface area contributed by atoms with Crippen molar-refractivity contribution >= 4 is 14.3 Å². The average Bonchev–Trinajstić information content (AvgIpc) is 1.86. The summed E-state index contributed by atoms with van der Waals surface area (Å²) in [6.07, 6.45) is 5.25. The Kier molecular flexibility index (Phi) is 1.23. The van der Waals surface area contributed by atoms with Crippen molar-refractivity contribution in [1.29, 1.82) is 0 Å². The van der Waals surface area contributed by atoms with Crippen LogP contribution < -0.4 is 0 Å². The first-order chi connectivity index (χ1) is 2.89. The largest absolute Gasteiger partial charge is 0.0905 e. The summed E-state index contributed by atoms with van der Waals surface area (Å²) in [6.45, 7) is 0.546. The highest BCUT2D eigenvalue weighted by molar-refractivity contribution is 7.03. The maximum absolute atomic E-state index is 5.53. The molecule has 1 saturated heterocycles. The second-order valence-corrected chi connectivity index (χ2v) is 2.04. The highest BCUT2D eigenvalue weighted by Gasteiger charge is 2.10. The van der Waals surface area contributed by atoms with Crippen LogP contribution in [0.15, 0.2) is 0 Å². The lowest BCUT2D eigenvalue weighted by molar-refractivity contribution is 0.935. The van der Waals surface area contributed by atoms with Crippen molar-refractivity contribution in [2.24, 2.45) is 0 Å². The average molecular weight is 77.7 g/mol. The van der Waals surface area contributed by atoms with Gasteiger partial charge in [0.15, 0.2) is 0 Å². The van der Waals surface area contributed by atoms with Gasteiger partial charge in [0.2, 0.25) is 0 Å². The Morgan fingerprint density at radius 2 is 1.67 bits per heavy atom. The zero-order valence-electron chi connectivity index (χ0n) is 3.98. The quantitative estimate of drug-likeness (QED) is 0.378. The van der Waals surface area contributed by atoms with Gasteiger partial charge in [-0.05, 0) is 0 Å². The summed E-state index contributed by atoms with van der Waals surface area (Å²) in [7, 11) is 5.53. The van der Waals surface area contributed by atoms with Gasteiger partial charge < -0.3 is 0 Å². The van der Waals surface area contributed by atoms with Crippen molar-refractivity contribution < 1.29 is 0 Å². The fourth-order valence-electron chi connectivity index (χ4n) is 0.957. The molecule has 1 fully saturated rings. The first-order valence-electron chi connectivity index (χ1n) is 2.65. The third kappa shape index (κ3) is 0.796. The van der Waals surface area contributed by atoms with Crippen LogP contribution in [0, 0.1) is 0 Å². The Morgan fingerprint density at radius 3 is 1.83 bits per heavy atom. The Hall–Kier alpha value is 0.130. The summed E-state index contributed by atoms with van der Waals surface area (Å²) >= 11 is 0. The van der Waals surface area contributed by atoms with Crippen LogP contribution in [0.4, 0.5) is 0 Å². The molecule has 1 aliphatic heterocycles. The lowest BCUT2D eigenvalue weighted by Crippen LogP contribution is -2.03. The Bertz CT molecular complexity index is 38.8. The van der Waals surface area contributed by atoms with E-state index in [1.165, 1.54) is 25.5 Å². The van der Waals surface area contributed by atoms with Gasteiger partial charge in [-0.25, -0.2) is 0 Å². The van der Waals surface area contributed by atoms with Gasteiger partial charge in [-0.1, -0.05) is 25.5 Å². The molecule has 0 nitrogen and oxygen atoms in total. The van der Waals surface area contributed by atoms with E-state index in [0.717, 1.165) is 0 Å². The van der Waals surface area contributed by atoms with Crippen LogP contribution in [0.3, 0.4) is 0 Å². The molecule has 0 aromatic heterocycles. The number of hydrogen-bond donors (Lipinski definition) is 0. The maximum Gasteiger partial charge on any atom is 0.0905 e. The Balaban J connectivity index is 2.18. The second-order valence-electron chi connectivity index (χ2n) is 2.04. The second kappa shape index (κ2) is 1.72. The molecular formula is C4H8B2. The standard InChI is InChI=1S/C4H8B2/c5-6-3-1-2-4-6/h1-4H2. The van der Waals surface area contributed by atoms with E-state index in [1.807, 2.05) is 0 Å². The lowest BCUT2D eigenvalue weighted by atomic mass is 9.32. The predicted octanol–water partition coefficient (Wildman–Crippen LogP) is 0.940. The van der Waals surface area contributed by atoms with Crippen molar-refractivity contribution in [3.63, 3.8) is 0 Å².